The van der Waals surface area contributed by atoms with E-state index in [1.54, 1.807) is 0 Å². The number of anilines is 1. The van der Waals surface area contributed by atoms with Crippen molar-refractivity contribution >= 4 is 22.4 Å². The number of carboxylic acid groups (broad SMARTS) is 1. The van der Waals surface area contributed by atoms with Crippen molar-refractivity contribution in [2.45, 2.75) is 12.2 Å². The molecule has 2 heterocycles. The van der Waals surface area contributed by atoms with E-state index in [1.165, 1.54) is 0 Å². The first-order chi connectivity index (χ1) is 8.38. The Balaban J connectivity index is 2.05. The number of aromatic nitrogens is 2. The van der Waals surface area contributed by atoms with Crippen LogP contribution in [0.5, 0.6) is 0 Å². The number of ether oxygens (including phenoxy) is 1. The van der Waals surface area contributed by atoms with Crippen LogP contribution in [0.15, 0.2) is 0 Å². The molecule has 0 aliphatic carbocycles. The number of hydrogen-bond donors (Lipinski definition) is 2. The summed E-state index contributed by atoms with van der Waals surface area (Å²) in [6.07, 6.45) is -4.55. The lowest BCUT2D eigenvalue weighted by Gasteiger charge is -2.13. The third-order valence-corrected chi connectivity index (χ3v) is 3.27. The van der Waals surface area contributed by atoms with Gasteiger partial charge in [0.2, 0.25) is 10.1 Å². The Morgan fingerprint density at radius 3 is 2.72 bits per heavy atom. The maximum Gasteiger partial charge on any atom is 0.445 e. The molecule has 2 N–H and O–H groups in total. The summed E-state index contributed by atoms with van der Waals surface area (Å²) in [6, 6.07) is -0.600. The molecule has 0 aromatic carbocycles. The third kappa shape index (κ3) is 2.70. The smallest absolute Gasteiger partial charge is 0.445 e. The summed E-state index contributed by atoms with van der Waals surface area (Å²) >= 11 is 0.334. The number of carbonyl (C=O) groups is 1. The Hall–Kier alpha value is -1.42. The van der Waals surface area contributed by atoms with Crippen molar-refractivity contribution in [3.8, 4) is 0 Å². The van der Waals surface area contributed by atoms with Crippen LogP contribution in [0.1, 0.15) is 5.01 Å². The molecule has 2 rings (SSSR count). The number of carboxylic acids is 1. The van der Waals surface area contributed by atoms with E-state index < -0.39 is 29.1 Å². The number of rotatable bonds is 3. The number of nitrogens with zero attached hydrogens (tertiary/aromatic N) is 2. The zero-order chi connectivity index (χ0) is 13.3. The highest BCUT2D eigenvalue weighted by Gasteiger charge is 2.38. The molecule has 1 aliphatic heterocycles. The number of alkyl halides is 3. The summed E-state index contributed by atoms with van der Waals surface area (Å²) in [5, 5.41) is 16.6. The monoisotopic (exact) mass is 283 g/mol. The lowest BCUT2D eigenvalue weighted by atomic mass is 10.1. The van der Waals surface area contributed by atoms with Gasteiger partial charge in [0, 0.05) is 0 Å². The second-order valence-electron chi connectivity index (χ2n) is 3.64. The predicted octanol–water partition coefficient (Wildman–Crippen LogP) is 1.07. The zero-order valence-corrected chi connectivity index (χ0v) is 9.59. The van der Waals surface area contributed by atoms with Crippen LogP contribution >= 0.6 is 11.3 Å². The van der Waals surface area contributed by atoms with Gasteiger partial charge in [0.1, 0.15) is 5.92 Å². The zero-order valence-electron chi connectivity index (χ0n) is 8.77. The highest BCUT2D eigenvalue weighted by Crippen LogP contribution is 2.33. The molecule has 18 heavy (non-hydrogen) atoms. The van der Waals surface area contributed by atoms with Crippen LogP contribution in [0.25, 0.3) is 0 Å². The van der Waals surface area contributed by atoms with E-state index in [0.717, 1.165) is 0 Å². The van der Waals surface area contributed by atoms with Gasteiger partial charge in [0.25, 0.3) is 0 Å². The fraction of sp³-hybridized carbons (Fsp3) is 0.625. The second-order valence-corrected chi connectivity index (χ2v) is 4.62. The van der Waals surface area contributed by atoms with Gasteiger partial charge in [-0.1, -0.05) is 11.3 Å². The first-order valence-electron chi connectivity index (χ1n) is 4.85. The van der Waals surface area contributed by atoms with Crippen LogP contribution in [-0.2, 0) is 15.7 Å². The second kappa shape index (κ2) is 4.69. The minimum atomic E-state index is -4.55. The summed E-state index contributed by atoms with van der Waals surface area (Å²) in [6.45, 7) is 0.135. The molecule has 0 amide bonds. The molecule has 1 fully saturated rings. The van der Waals surface area contributed by atoms with Gasteiger partial charge in [-0.25, -0.2) is 0 Å². The van der Waals surface area contributed by atoms with Gasteiger partial charge in [-0.2, -0.15) is 13.2 Å². The standard InChI is InChI=1S/C8H8F3N3O3S/c9-8(10,11)6-13-14-7(18-6)12-4-2-17-1-3(4)5(15)16/h3-4H,1-2H2,(H,12,14)(H,15,16). The van der Waals surface area contributed by atoms with Gasteiger partial charge in [-0.3, -0.25) is 4.79 Å². The van der Waals surface area contributed by atoms with Crippen molar-refractivity contribution < 1.29 is 27.8 Å². The Morgan fingerprint density at radius 1 is 1.44 bits per heavy atom. The van der Waals surface area contributed by atoms with Crippen molar-refractivity contribution in [1.82, 2.24) is 10.2 Å². The summed E-state index contributed by atoms with van der Waals surface area (Å²) in [7, 11) is 0. The van der Waals surface area contributed by atoms with Crippen LogP contribution in [0.3, 0.4) is 0 Å². The number of aliphatic carboxylic acids is 1. The van der Waals surface area contributed by atoms with Crippen LogP contribution in [0.2, 0.25) is 0 Å². The van der Waals surface area contributed by atoms with Gasteiger partial charge in [0.05, 0.1) is 19.3 Å². The van der Waals surface area contributed by atoms with E-state index in [4.69, 9.17) is 9.84 Å². The molecule has 1 aromatic rings. The van der Waals surface area contributed by atoms with Gasteiger partial charge in [-0.15, -0.1) is 10.2 Å². The van der Waals surface area contributed by atoms with Crippen LogP contribution in [-0.4, -0.2) is 40.5 Å². The number of nitrogens with one attached hydrogen (secondary N) is 1. The maximum absolute atomic E-state index is 12.3. The predicted molar refractivity (Wildman–Crippen MR) is 54.3 cm³/mol. The molecule has 0 bridgehead atoms. The molecule has 1 aromatic heterocycles. The molecule has 1 aliphatic rings. The topological polar surface area (TPSA) is 84.3 Å². The minimum absolute atomic E-state index is 0.0257. The molecular formula is C8H8F3N3O3S. The van der Waals surface area contributed by atoms with E-state index in [1.807, 2.05) is 0 Å². The lowest BCUT2D eigenvalue weighted by Crippen LogP contribution is -2.33. The molecule has 0 radical (unpaired) electrons. The van der Waals surface area contributed by atoms with Crippen molar-refractivity contribution in [1.29, 1.82) is 0 Å². The van der Waals surface area contributed by atoms with E-state index >= 15 is 0 Å². The van der Waals surface area contributed by atoms with Crippen molar-refractivity contribution in [3.63, 3.8) is 0 Å². The summed E-state index contributed by atoms with van der Waals surface area (Å²) in [4.78, 5) is 10.8. The fourth-order valence-electron chi connectivity index (χ4n) is 1.49. The molecule has 2 unspecified atom stereocenters. The Labute approximate surface area is 103 Å². The maximum atomic E-state index is 12.3. The van der Waals surface area contributed by atoms with Crippen molar-refractivity contribution in [3.05, 3.63) is 5.01 Å². The molecule has 10 heteroatoms. The Kier molecular flexibility index (Phi) is 3.39. The highest BCUT2D eigenvalue weighted by atomic mass is 32.1. The van der Waals surface area contributed by atoms with Gasteiger partial charge < -0.3 is 15.2 Å². The third-order valence-electron chi connectivity index (χ3n) is 2.37. The summed E-state index contributed by atoms with van der Waals surface area (Å²) in [5.74, 6) is -1.87. The Morgan fingerprint density at radius 2 is 2.17 bits per heavy atom. The van der Waals surface area contributed by atoms with Crippen LogP contribution < -0.4 is 5.32 Å². The van der Waals surface area contributed by atoms with E-state index in [9.17, 15) is 18.0 Å². The molecule has 100 valence electrons. The SMILES string of the molecule is O=C(O)C1COCC1Nc1nnc(C(F)(F)F)s1. The van der Waals surface area contributed by atoms with Crippen LogP contribution in [0, 0.1) is 5.92 Å². The average molecular weight is 283 g/mol. The molecular weight excluding hydrogens is 275 g/mol. The fourth-order valence-corrected chi connectivity index (χ4v) is 2.17. The molecule has 0 spiro atoms. The van der Waals surface area contributed by atoms with Gasteiger partial charge in [-0.05, 0) is 0 Å². The first-order valence-corrected chi connectivity index (χ1v) is 5.67. The highest BCUT2D eigenvalue weighted by molar-refractivity contribution is 7.15. The normalized spacial score (nSPS) is 24.2. The molecule has 1 saturated heterocycles. The van der Waals surface area contributed by atoms with E-state index in [-0.39, 0.29) is 18.3 Å². The lowest BCUT2D eigenvalue weighted by molar-refractivity contribution is -0.142. The van der Waals surface area contributed by atoms with E-state index in [0.29, 0.717) is 11.3 Å². The molecule has 6 nitrogen and oxygen atoms in total. The number of hydrogen-bond acceptors (Lipinski definition) is 6. The van der Waals surface area contributed by atoms with Crippen molar-refractivity contribution in [2.24, 2.45) is 5.92 Å². The summed E-state index contributed by atoms with van der Waals surface area (Å²) in [5.41, 5.74) is 0. The summed E-state index contributed by atoms with van der Waals surface area (Å²) < 4.78 is 41.8. The van der Waals surface area contributed by atoms with Gasteiger partial charge >= 0.3 is 12.1 Å². The molecule has 2 atom stereocenters. The number of halogens is 3. The Bertz CT molecular complexity index is 450. The molecule has 0 saturated carbocycles. The average Bonchev–Trinajstić information content (AvgIpc) is 2.85. The van der Waals surface area contributed by atoms with Crippen LogP contribution in [0.4, 0.5) is 18.3 Å². The van der Waals surface area contributed by atoms with E-state index in [2.05, 4.69) is 15.5 Å². The quantitative estimate of drug-likeness (QED) is 0.863. The first kappa shape index (κ1) is 13.0. The largest absolute Gasteiger partial charge is 0.481 e. The minimum Gasteiger partial charge on any atom is -0.481 e. The van der Waals surface area contributed by atoms with Crippen molar-refractivity contribution in [2.75, 3.05) is 18.5 Å². The van der Waals surface area contributed by atoms with Gasteiger partial charge in [0.15, 0.2) is 0 Å².